The van der Waals surface area contributed by atoms with Gasteiger partial charge in [-0.3, -0.25) is 4.79 Å². The topological polar surface area (TPSA) is 34.1 Å². The number of aryl methyl sites for hydroxylation is 2. The van der Waals surface area contributed by atoms with E-state index in [4.69, 9.17) is 0 Å². The number of rotatable bonds is 5. The summed E-state index contributed by atoms with van der Waals surface area (Å²) in [5, 5.41) is 2.51. The van der Waals surface area contributed by atoms with Gasteiger partial charge in [0.2, 0.25) is 5.52 Å². The van der Waals surface area contributed by atoms with E-state index in [0.717, 1.165) is 29.2 Å². The number of hydrogen-bond acceptors (Lipinski definition) is 2. The lowest BCUT2D eigenvalue weighted by molar-refractivity contribution is 0.108. The Balaban J connectivity index is 2.00. The molecule has 3 aromatic rings. The maximum absolute atomic E-state index is 12.9. The van der Waals surface area contributed by atoms with Crippen LogP contribution in [-0.2, 0) is 11.0 Å². The molecule has 0 amide bonds. The molecule has 0 spiro atoms. The molecule has 0 saturated heterocycles. The Morgan fingerprint density at radius 2 is 1.67 bits per heavy atom. The van der Waals surface area contributed by atoms with Crippen LogP contribution in [0.4, 0.5) is 0 Å². The van der Waals surface area contributed by atoms with Gasteiger partial charge in [0.05, 0.1) is 0 Å². The first-order valence-electron chi connectivity index (χ1n) is 8.28. The minimum absolute atomic E-state index is 0.252. The molecule has 0 heterocycles. The number of carbonyl (C=O) groups is 1. The Hall–Kier alpha value is -2.18. The van der Waals surface area contributed by atoms with Crippen LogP contribution < -0.4 is 5.30 Å². The zero-order valence-corrected chi connectivity index (χ0v) is 15.0. The highest BCUT2D eigenvalue weighted by Crippen LogP contribution is 2.32. The van der Waals surface area contributed by atoms with Crippen molar-refractivity contribution >= 4 is 29.4 Å². The van der Waals surface area contributed by atoms with Gasteiger partial charge in [0.25, 0.3) is 0 Å². The monoisotopic (exact) mass is 336 g/mol. The lowest BCUT2D eigenvalue weighted by atomic mass is 10.0. The molecular weight excluding hydrogens is 315 g/mol. The minimum Gasteiger partial charge on any atom is -0.313 e. The highest BCUT2D eigenvalue weighted by atomic mass is 31.1. The zero-order chi connectivity index (χ0) is 17.1. The first-order valence-corrected chi connectivity index (χ1v) is 9.69. The lowest BCUT2D eigenvalue weighted by Gasteiger charge is -2.10. The van der Waals surface area contributed by atoms with Crippen molar-refractivity contribution in [2.24, 2.45) is 0 Å². The molecule has 0 aromatic heterocycles. The molecular formula is C21H21O2P. The number of carbonyl (C=O) groups excluding carboxylic acids is 1. The molecule has 1 atom stereocenters. The molecule has 3 aromatic carbocycles. The van der Waals surface area contributed by atoms with E-state index in [9.17, 15) is 9.36 Å². The van der Waals surface area contributed by atoms with Gasteiger partial charge < -0.3 is 4.57 Å². The van der Waals surface area contributed by atoms with Crippen LogP contribution in [0.15, 0.2) is 60.7 Å². The van der Waals surface area contributed by atoms with Crippen molar-refractivity contribution in [3.8, 4) is 0 Å². The number of fused-ring (bicyclic) bond motifs is 1. The van der Waals surface area contributed by atoms with E-state index in [1.807, 2.05) is 67.6 Å². The third-order valence-corrected chi connectivity index (χ3v) is 5.85. The first kappa shape index (κ1) is 16.7. The summed E-state index contributed by atoms with van der Waals surface area (Å²) in [5.74, 6) is 0. The van der Waals surface area contributed by atoms with E-state index in [1.165, 1.54) is 5.56 Å². The van der Waals surface area contributed by atoms with Gasteiger partial charge in [-0.2, -0.15) is 0 Å². The van der Waals surface area contributed by atoms with E-state index in [0.29, 0.717) is 10.9 Å². The Kier molecular flexibility index (Phi) is 4.97. The van der Waals surface area contributed by atoms with E-state index in [2.05, 4.69) is 6.92 Å². The van der Waals surface area contributed by atoms with Crippen LogP contribution >= 0.6 is 7.80 Å². The summed E-state index contributed by atoms with van der Waals surface area (Å²) in [4.78, 5) is 12.9. The van der Waals surface area contributed by atoms with Gasteiger partial charge in [-0.15, -0.1) is 0 Å². The predicted octanol–water partition coefficient (Wildman–Crippen LogP) is 5.13. The molecule has 3 heteroatoms. The molecule has 0 bridgehead atoms. The number of benzene rings is 3. The second-order valence-corrected chi connectivity index (χ2v) is 7.77. The Bertz CT molecular complexity index is 911. The van der Waals surface area contributed by atoms with Crippen LogP contribution in [0.2, 0.25) is 0 Å². The summed E-state index contributed by atoms with van der Waals surface area (Å²) in [6.07, 6.45) is 2.07. The van der Waals surface area contributed by atoms with Crippen molar-refractivity contribution in [3.05, 3.63) is 77.4 Å². The van der Waals surface area contributed by atoms with Gasteiger partial charge in [-0.1, -0.05) is 74.0 Å². The normalized spacial score (nSPS) is 12.2. The molecule has 24 heavy (non-hydrogen) atoms. The summed E-state index contributed by atoms with van der Waals surface area (Å²) in [6, 6.07) is 19.3. The summed E-state index contributed by atoms with van der Waals surface area (Å²) in [7, 11) is -2.53. The predicted molar refractivity (Wildman–Crippen MR) is 102 cm³/mol. The van der Waals surface area contributed by atoms with E-state index in [-0.39, 0.29) is 5.52 Å². The Morgan fingerprint density at radius 3 is 2.38 bits per heavy atom. The highest BCUT2D eigenvalue weighted by molar-refractivity contribution is 7.71. The summed E-state index contributed by atoms with van der Waals surface area (Å²) in [5.41, 5.74) is 2.43. The van der Waals surface area contributed by atoms with Crippen LogP contribution in [0.3, 0.4) is 0 Å². The molecule has 122 valence electrons. The third-order valence-electron chi connectivity index (χ3n) is 4.33. The largest absolute Gasteiger partial charge is 0.313 e. The van der Waals surface area contributed by atoms with Crippen molar-refractivity contribution in [2.45, 2.75) is 26.7 Å². The van der Waals surface area contributed by atoms with E-state index in [1.54, 1.807) is 0 Å². The van der Waals surface area contributed by atoms with Crippen molar-refractivity contribution < 1.29 is 9.36 Å². The Morgan fingerprint density at radius 1 is 0.958 bits per heavy atom. The molecule has 0 aliphatic heterocycles. The fourth-order valence-electron chi connectivity index (χ4n) is 3.04. The van der Waals surface area contributed by atoms with Crippen LogP contribution in [-0.4, -0.2) is 5.52 Å². The fraction of sp³-hybridized carbons (Fsp3) is 0.190. The fourth-order valence-corrected chi connectivity index (χ4v) is 4.33. The molecule has 0 aliphatic rings. The summed E-state index contributed by atoms with van der Waals surface area (Å²) >= 11 is 0. The quantitative estimate of drug-likeness (QED) is 0.606. The maximum Gasteiger partial charge on any atom is 0.223 e. The van der Waals surface area contributed by atoms with Gasteiger partial charge in [-0.05, 0) is 35.2 Å². The smallest absolute Gasteiger partial charge is 0.223 e. The molecule has 3 rings (SSSR count). The van der Waals surface area contributed by atoms with E-state index < -0.39 is 7.80 Å². The van der Waals surface area contributed by atoms with Gasteiger partial charge in [0.1, 0.15) is 0 Å². The molecule has 0 fully saturated rings. The maximum atomic E-state index is 12.9. The van der Waals surface area contributed by atoms with Crippen LogP contribution in [0.25, 0.3) is 10.8 Å². The lowest BCUT2D eigenvalue weighted by Crippen LogP contribution is -2.06. The first-order chi connectivity index (χ1) is 11.6. The van der Waals surface area contributed by atoms with Crippen LogP contribution in [0.5, 0.6) is 0 Å². The molecule has 1 unspecified atom stereocenters. The second kappa shape index (κ2) is 7.15. The molecule has 0 aliphatic carbocycles. The molecule has 2 nitrogen and oxygen atoms in total. The van der Waals surface area contributed by atoms with Gasteiger partial charge in [0.15, 0.2) is 7.80 Å². The van der Waals surface area contributed by atoms with Crippen molar-refractivity contribution in [1.82, 2.24) is 0 Å². The summed E-state index contributed by atoms with van der Waals surface area (Å²) < 4.78 is 12.8. The van der Waals surface area contributed by atoms with Crippen LogP contribution in [0.1, 0.15) is 34.8 Å². The zero-order valence-electron chi connectivity index (χ0n) is 14.0. The molecule has 0 saturated carbocycles. The minimum atomic E-state index is -2.53. The van der Waals surface area contributed by atoms with Crippen molar-refractivity contribution in [3.63, 3.8) is 0 Å². The van der Waals surface area contributed by atoms with Gasteiger partial charge in [0, 0.05) is 10.9 Å². The average molecular weight is 336 g/mol. The molecule has 0 radical (unpaired) electrons. The third kappa shape index (κ3) is 3.20. The Labute approximate surface area is 143 Å². The average Bonchev–Trinajstić information content (AvgIpc) is 2.61. The summed E-state index contributed by atoms with van der Waals surface area (Å²) in [6.45, 7) is 4.03. The number of hydrogen-bond donors (Lipinski definition) is 0. The van der Waals surface area contributed by atoms with Gasteiger partial charge >= 0.3 is 0 Å². The standard InChI is InChI=1S/C21H21O2P/c1-3-6-16-10-13-18(14-11-16)24(23)21(22)20-15(2)9-12-17-7-4-5-8-19(17)20/h4-5,7-14,24H,3,6H2,1-2H3. The highest BCUT2D eigenvalue weighted by Gasteiger charge is 2.20. The van der Waals surface area contributed by atoms with Crippen molar-refractivity contribution in [2.75, 3.05) is 0 Å². The van der Waals surface area contributed by atoms with Crippen molar-refractivity contribution in [1.29, 1.82) is 0 Å². The van der Waals surface area contributed by atoms with Gasteiger partial charge in [-0.25, -0.2) is 0 Å². The van der Waals surface area contributed by atoms with Crippen LogP contribution in [0, 0.1) is 6.92 Å². The SMILES string of the molecule is CCCc1ccc([PH](=O)C(=O)c2c(C)ccc3ccccc23)cc1. The second-order valence-electron chi connectivity index (χ2n) is 6.08. The molecule has 0 N–H and O–H groups in total. The van der Waals surface area contributed by atoms with E-state index >= 15 is 0 Å².